The first-order valence-electron chi connectivity index (χ1n) is 9.38. The zero-order chi connectivity index (χ0) is 19.9. The van der Waals surface area contributed by atoms with Crippen LogP contribution in [0.3, 0.4) is 0 Å². The summed E-state index contributed by atoms with van der Waals surface area (Å²) >= 11 is 0. The van der Waals surface area contributed by atoms with E-state index in [2.05, 4.69) is 4.98 Å². The van der Waals surface area contributed by atoms with Gasteiger partial charge in [-0.1, -0.05) is 60.7 Å². The summed E-state index contributed by atoms with van der Waals surface area (Å²) in [6.45, 7) is 0.794. The van der Waals surface area contributed by atoms with E-state index in [-0.39, 0.29) is 5.82 Å². The fourth-order valence-corrected chi connectivity index (χ4v) is 2.88. The molecule has 0 amide bonds. The Morgan fingerprint density at radius 1 is 0.621 bits per heavy atom. The van der Waals surface area contributed by atoms with Crippen molar-refractivity contribution in [1.29, 1.82) is 0 Å². The molecule has 3 aromatic carbocycles. The lowest BCUT2D eigenvalue weighted by Crippen LogP contribution is -2.03. The van der Waals surface area contributed by atoms with Crippen molar-refractivity contribution in [3.8, 4) is 22.9 Å². The minimum absolute atomic E-state index is 0.280. The maximum Gasteiger partial charge on any atom is 0.257 e. The smallest absolute Gasteiger partial charge is 0.257 e. The van der Waals surface area contributed by atoms with Gasteiger partial charge >= 0.3 is 0 Å². The Kier molecular flexibility index (Phi) is 5.81. The van der Waals surface area contributed by atoms with Crippen LogP contribution in [-0.2, 0) is 13.2 Å². The van der Waals surface area contributed by atoms with Crippen LogP contribution in [0.4, 0.5) is 4.39 Å². The number of pyridine rings is 1. The normalized spacial score (nSPS) is 10.5. The summed E-state index contributed by atoms with van der Waals surface area (Å²) in [5, 5.41) is 0. The van der Waals surface area contributed by atoms with Crippen LogP contribution in [0.15, 0.2) is 97.1 Å². The van der Waals surface area contributed by atoms with Gasteiger partial charge in [0.1, 0.15) is 19.0 Å². The Bertz CT molecular complexity index is 1050. The van der Waals surface area contributed by atoms with Gasteiger partial charge in [-0.3, -0.25) is 0 Å². The fraction of sp³-hybridized carbons (Fsp3) is 0.0800. The Morgan fingerprint density at radius 3 is 1.83 bits per heavy atom. The van der Waals surface area contributed by atoms with Crippen LogP contribution in [0, 0.1) is 5.82 Å². The van der Waals surface area contributed by atoms with Crippen LogP contribution in [0.25, 0.3) is 11.3 Å². The highest BCUT2D eigenvalue weighted by Gasteiger charge is 2.11. The highest BCUT2D eigenvalue weighted by molar-refractivity contribution is 5.61. The molecule has 0 aliphatic rings. The van der Waals surface area contributed by atoms with E-state index in [0.717, 1.165) is 16.7 Å². The van der Waals surface area contributed by atoms with Crippen molar-refractivity contribution in [1.82, 2.24) is 4.98 Å². The highest BCUT2D eigenvalue weighted by Crippen LogP contribution is 2.30. The summed E-state index contributed by atoms with van der Waals surface area (Å²) < 4.78 is 25.2. The number of benzene rings is 3. The molecular weight excluding hydrogens is 365 g/mol. The van der Waals surface area contributed by atoms with Crippen molar-refractivity contribution in [3.63, 3.8) is 0 Å². The van der Waals surface area contributed by atoms with Crippen LogP contribution < -0.4 is 9.47 Å². The third-order valence-corrected chi connectivity index (χ3v) is 4.42. The molecule has 3 nitrogen and oxygen atoms in total. The molecule has 0 spiro atoms. The molecule has 29 heavy (non-hydrogen) atoms. The van der Waals surface area contributed by atoms with Crippen LogP contribution in [-0.4, -0.2) is 4.98 Å². The molecule has 1 heterocycles. The van der Waals surface area contributed by atoms with E-state index >= 15 is 0 Å². The lowest BCUT2D eigenvalue weighted by molar-refractivity contribution is 0.247. The number of hydrogen-bond acceptors (Lipinski definition) is 3. The number of halogens is 1. The lowest BCUT2D eigenvalue weighted by Gasteiger charge is -2.13. The second-order valence-corrected chi connectivity index (χ2v) is 6.56. The summed E-state index contributed by atoms with van der Waals surface area (Å²) in [4.78, 5) is 4.63. The average Bonchev–Trinajstić information content (AvgIpc) is 2.78. The van der Waals surface area contributed by atoms with E-state index in [0.29, 0.717) is 30.5 Å². The Balaban J connectivity index is 1.59. The molecule has 1 aromatic heterocycles. The Hall–Kier alpha value is -3.66. The van der Waals surface area contributed by atoms with Gasteiger partial charge in [-0.05, 0) is 47.5 Å². The standard InChI is InChI=1S/C25H20FNO2/c26-22-13-11-21(12-14-22)23-15-16-24(28-17-19-7-3-1-4-8-19)25(27-23)29-18-20-9-5-2-6-10-20/h1-16H,17-18H2. The first kappa shape index (κ1) is 18.7. The molecule has 0 unspecified atom stereocenters. The van der Waals surface area contributed by atoms with E-state index in [1.54, 1.807) is 12.1 Å². The van der Waals surface area contributed by atoms with Gasteiger partial charge in [-0.25, -0.2) is 9.37 Å². The quantitative estimate of drug-likeness (QED) is 0.388. The molecular formula is C25H20FNO2. The second-order valence-electron chi connectivity index (χ2n) is 6.56. The maximum absolute atomic E-state index is 13.3. The Labute approximate surface area is 169 Å². The molecule has 0 bridgehead atoms. The van der Waals surface area contributed by atoms with Gasteiger partial charge in [-0.15, -0.1) is 0 Å². The molecule has 0 fully saturated rings. The third-order valence-electron chi connectivity index (χ3n) is 4.42. The first-order chi connectivity index (χ1) is 14.3. The van der Waals surface area contributed by atoms with E-state index in [1.807, 2.05) is 72.8 Å². The molecule has 0 N–H and O–H groups in total. The van der Waals surface area contributed by atoms with Crippen molar-refractivity contribution in [2.24, 2.45) is 0 Å². The SMILES string of the molecule is Fc1ccc(-c2ccc(OCc3ccccc3)c(OCc3ccccc3)n2)cc1. The van der Waals surface area contributed by atoms with Crippen molar-refractivity contribution in [3.05, 3.63) is 114 Å². The van der Waals surface area contributed by atoms with Gasteiger partial charge < -0.3 is 9.47 Å². The molecule has 4 heteroatoms. The molecule has 0 aliphatic carbocycles. The van der Waals surface area contributed by atoms with Gasteiger partial charge in [0.15, 0.2) is 5.75 Å². The van der Waals surface area contributed by atoms with E-state index in [4.69, 9.17) is 9.47 Å². The highest BCUT2D eigenvalue weighted by atomic mass is 19.1. The largest absolute Gasteiger partial charge is 0.483 e. The number of hydrogen-bond donors (Lipinski definition) is 0. The Morgan fingerprint density at radius 2 is 1.21 bits per heavy atom. The van der Waals surface area contributed by atoms with Gasteiger partial charge in [0.2, 0.25) is 0 Å². The van der Waals surface area contributed by atoms with E-state index in [1.165, 1.54) is 12.1 Å². The maximum atomic E-state index is 13.3. The molecule has 0 radical (unpaired) electrons. The molecule has 4 rings (SSSR count). The number of rotatable bonds is 7. The number of aromatic nitrogens is 1. The molecule has 4 aromatic rings. The van der Waals surface area contributed by atoms with Crippen molar-refractivity contribution in [2.75, 3.05) is 0 Å². The van der Waals surface area contributed by atoms with Crippen LogP contribution in [0.1, 0.15) is 11.1 Å². The summed E-state index contributed by atoms with van der Waals surface area (Å²) in [5.74, 6) is 0.694. The summed E-state index contributed by atoms with van der Waals surface area (Å²) in [5.41, 5.74) is 3.60. The lowest BCUT2D eigenvalue weighted by atomic mass is 10.1. The zero-order valence-corrected chi connectivity index (χ0v) is 15.8. The van der Waals surface area contributed by atoms with E-state index in [9.17, 15) is 4.39 Å². The second kappa shape index (κ2) is 9.02. The minimum Gasteiger partial charge on any atom is -0.483 e. The van der Waals surface area contributed by atoms with Crippen LogP contribution in [0.2, 0.25) is 0 Å². The summed E-state index contributed by atoms with van der Waals surface area (Å²) in [7, 11) is 0. The fourth-order valence-electron chi connectivity index (χ4n) is 2.88. The zero-order valence-electron chi connectivity index (χ0n) is 15.8. The molecule has 0 atom stereocenters. The summed E-state index contributed by atoms with van der Waals surface area (Å²) in [6.07, 6.45) is 0. The molecule has 0 saturated carbocycles. The predicted octanol–water partition coefficient (Wildman–Crippen LogP) is 6.05. The van der Waals surface area contributed by atoms with Gasteiger partial charge in [0, 0.05) is 5.56 Å². The average molecular weight is 385 g/mol. The summed E-state index contributed by atoms with van der Waals surface area (Å²) in [6, 6.07) is 29.7. The van der Waals surface area contributed by atoms with Gasteiger partial charge in [0.05, 0.1) is 5.69 Å². The molecule has 144 valence electrons. The van der Waals surface area contributed by atoms with E-state index < -0.39 is 0 Å². The van der Waals surface area contributed by atoms with Crippen molar-refractivity contribution in [2.45, 2.75) is 13.2 Å². The van der Waals surface area contributed by atoms with Gasteiger partial charge in [0.25, 0.3) is 5.88 Å². The minimum atomic E-state index is -0.280. The van der Waals surface area contributed by atoms with Crippen LogP contribution >= 0.6 is 0 Å². The third kappa shape index (κ3) is 4.99. The molecule has 0 aliphatic heterocycles. The van der Waals surface area contributed by atoms with Crippen molar-refractivity contribution < 1.29 is 13.9 Å². The number of nitrogens with zero attached hydrogens (tertiary/aromatic N) is 1. The first-order valence-corrected chi connectivity index (χ1v) is 9.38. The monoisotopic (exact) mass is 385 g/mol. The molecule has 0 saturated heterocycles. The predicted molar refractivity (Wildman–Crippen MR) is 111 cm³/mol. The number of ether oxygens (including phenoxy) is 2. The van der Waals surface area contributed by atoms with Gasteiger partial charge in [-0.2, -0.15) is 0 Å². The van der Waals surface area contributed by atoms with Crippen molar-refractivity contribution >= 4 is 0 Å². The van der Waals surface area contributed by atoms with Crippen LogP contribution in [0.5, 0.6) is 11.6 Å². The topological polar surface area (TPSA) is 31.4 Å².